The molecule has 2 aromatic carbocycles. The van der Waals surface area contributed by atoms with Gasteiger partial charge in [-0.05, 0) is 46.9 Å². The Balaban J connectivity index is 1.71. The van der Waals surface area contributed by atoms with Crippen molar-refractivity contribution in [1.29, 1.82) is 0 Å². The predicted octanol–water partition coefficient (Wildman–Crippen LogP) is 3.78. The third-order valence-corrected chi connectivity index (χ3v) is 5.09. The van der Waals surface area contributed by atoms with Gasteiger partial charge < -0.3 is 24.3 Å². The maximum Gasteiger partial charge on any atom is 0.164 e. The standard InChI is InChI=1S/C20H20IN3O4/c1-25-9-18-19(10-26-2)28-17-8-15-14(7-16(17)27-18)20(23-11-22-15)24-13-5-3-4-12(21)6-13/h3-8,11,18-19H,9-10H2,1-2H3,(H,22,23,24)/t18-,19-/m1/s1. The maximum atomic E-state index is 6.16. The number of hydrogen-bond donors (Lipinski definition) is 1. The van der Waals surface area contributed by atoms with Crippen LogP contribution in [0.3, 0.4) is 0 Å². The molecule has 0 amide bonds. The zero-order valence-corrected chi connectivity index (χ0v) is 17.7. The summed E-state index contributed by atoms with van der Waals surface area (Å²) in [6.45, 7) is 0.819. The summed E-state index contributed by atoms with van der Waals surface area (Å²) >= 11 is 2.28. The monoisotopic (exact) mass is 493 g/mol. The fourth-order valence-corrected chi connectivity index (χ4v) is 3.68. The summed E-state index contributed by atoms with van der Waals surface area (Å²) in [5.41, 5.74) is 1.73. The van der Waals surface area contributed by atoms with E-state index < -0.39 is 0 Å². The van der Waals surface area contributed by atoms with Crippen LogP contribution in [0.4, 0.5) is 11.5 Å². The molecule has 0 saturated heterocycles. The fraction of sp³-hybridized carbons (Fsp3) is 0.300. The molecule has 1 N–H and O–H groups in total. The number of nitrogens with one attached hydrogen (secondary N) is 1. The molecule has 0 radical (unpaired) electrons. The maximum absolute atomic E-state index is 6.16. The first kappa shape index (κ1) is 19.2. The highest BCUT2D eigenvalue weighted by Crippen LogP contribution is 2.39. The van der Waals surface area contributed by atoms with Crippen LogP contribution >= 0.6 is 22.6 Å². The zero-order valence-electron chi connectivity index (χ0n) is 15.5. The summed E-state index contributed by atoms with van der Waals surface area (Å²) in [7, 11) is 3.28. The molecule has 8 heteroatoms. The second-order valence-corrected chi connectivity index (χ2v) is 7.64. The average molecular weight is 493 g/mol. The highest BCUT2D eigenvalue weighted by molar-refractivity contribution is 14.1. The fourth-order valence-electron chi connectivity index (χ4n) is 3.14. The van der Waals surface area contributed by atoms with E-state index in [1.54, 1.807) is 14.2 Å². The van der Waals surface area contributed by atoms with Gasteiger partial charge in [-0.3, -0.25) is 0 Å². The molecule has 0 bridgehead atoms. The van der Waals surface area contributed by atoms with Crippen LogP contribution in [0, 0.1) is 3.57 Å². The van der Waals surface area contributed by atoms with Crippen LogP contribution in [0.5, 0.6) is 11.5 Å². The van der Waals surface area contributed by atoms with Gasteiger partial charge in [0.05, 0.1) is 18.7 Å². The molecule has 1 aromatic heterocycles. The lowest BCUT2D eigenvalue weighted by molar-refractivity contribution is -0.0513. The number of anilines is 2. The molecular weight excluding hydrogens is 473 g/mol. The van der Waals surface area contributed by atoms with Crippen molar-refractivity contribution >= 4 is 45.0 Å². The first-order valence-electron chi connectivity index (χ1n) is 8.80. The predicted molar refractivity (Wildman–Crippen MR) is 115 cm³/mol. The quantitative estimate of drug-likeness (QED) is 0.524. The molecule has 0 aliphatic carbocycles. The second kappa shape index (κ2) is 8.46. The van der Waals surface area contributed by atoms with Gasteiger partial charge in [0, 0.05) is 34.9 Å². The van der Waals surface area contributed by atoms with Gasteiger partial charge in [-0.1, -0.05) is 6.07 Å². The van der Waals surface area contributed by atoms with E-state index in [1.165, 1.54) is 6.33 Å². The number of nitrogens with zero attached hydrogens (tertiary/aromatic N) is 2. The van der Waals surface area contributed by atoms with Crippen molar-refractivity contribution in [3.8, 4) is 11.5 Å². The lowest BCUT2D eigenvalue weighted by Crippen LogP contribution is -2.45. The Bertz CT molecular complexity index is 985. The third kappa shape index (κ3) is 3.98. The Morgan fingerprint density at radius 2 is 1.71 bits per heavy atom. The largest absolute Gasteiger partial charge is 0.480 e. The van der Waals surface area contributed by atoms with Crippen LogP contribution in [0.1, 0.15) is 0 Å². The number of methoxy groups -OCH3 is 2. The van der Waals surface area contributed by atoms with Gasteiger partial charge in [0.2, 0.25) is 0 Å². The van der Waals surface area contributed by atoms with Crippen LogP contribution in [0.2, 0.25) is 0 Å². The Kier molecular flexibility index (Phi) is 5.79. The molecule has 0 spiro atoms. The van der Waals surface area contributed by atoms with Crippen LogP contribution in [0.25, 0.3) is 10.9 Å². The normalized spacial score (nSPS) is 18.2. The Morgan fingerprint density at radius 3 is 2.39 bits per heavy atom. The molecular formula is C20H20IN3O4. The van der Waals surface area contributed by atoms with Gasteiger partial charge in [0.1, 0.15) is 12.1 Å². The minimum atomic E-state index is -0.258. The number of halogens is 1. The first-order valence-corrected chi connectivity index (χ1v) is 9.88. The molecule has 2 heterocycles. The van der Waals surface area contributed by atoms with E-state index in [-0.39, 0.29) is 12.2 Å². The molecule has 3 aromatic rings. The van der Waals surface area contributed by atoms with Crippen molar-refractivity contribution < 1.29 is 18.9 Å². The van der Waals surface area contributed by atoms with E-state index >= 15 is 0 Å². The van der Waals surface area contributed by atoms with Crippen molar-refractivity contribution in [2.24, 2.45) is 0 Å². The molecule has 0 unspecified atom stereocenters. The molecule has 146 valence electrons. The number of benzene rings is 2. The van der Waals surface area contributed by atoms with E-state index in [1.807, 2.05) is 30.3 Å². The minimum absolute atomic E-state index is 0.249. The third-order valence-electron chi connectivity index (χ3n) is 4.42. The molecule has 4 rings (SSSR count). The van der Waals surface area contributed by atoms with Crippen molar-refractivity contribution in [1.82, 2.24) is 9.97 Å². The second-order valence-electron chi connectivity index (χ2n) is 6.40. The van der Waals surface area contributed by atoms with Crippen LogP contribution < -0.4 is 14.8 Å². The number of hydrogen-bond acceptors (Lipinski definition) is 7. The van der Waals surface area contributed by atoms with E-state index in [9.17, 15) is 0 Å². The number of rotatable bonds is 6. The molecule has 1 aliphatic heterocycles. The van der Waals surface area contributed by atoms with E-state index in [2.05, 4.69) is 43.9 Å². The summed E-state index contributed by atoms with van der Waals surface area (Å²) in [6, 6.07) is 11.9. The van der Waals surface area contributed by atoms with Gasteiger partial charge in [0.15, 0.2) is 23.7 Å². The molecule has 1 aliphatic rings. The summed E-state index contributed by atoms with van der Waals surface area (Å²) in [5.74, 6) is 1.99. The van der Waals surface area contributed by atoms with Gasteiger partial charge in [-0.15, -0.1) is 0 Å². The van der Waals surface area contributed by atoms with E-state index in [0.717, 1.165) is 20.2 Å². The Morgan fingerprint density at radius 1 is 1.00 bits per heavy atom. The van der Waals surface area contributed by atoms with E-state index in [4.69, 9.17) is 18.9 Å². The molecule has 0 saturated carbocycles. The van der Waals surface area contributed by atoms with E-state index in [0.29, 0.717) is 30.5 Å². The highest BCUT2D eigenvalue weighted by Gasteiger charge is 2.32. The molecule has 28 heavy (non-hydrogen) atoms. The summed E-state index contributed by atoms with van der Waals surface area (Å²) in [6.07, 6.45) is 1.03. The lowest BCUT2D eigenvalue weighted by Gasteiger charge is -2.33. The number of fused-ring (bicyclic) bond motifs is 2. The average Bonchev–Trinajstić information content (AvgIpc) is 2.68. The van der Waals surface area contributed by atoms with Gasteiger partial charge >= 0.3 is 0 Å². The summed E-state index contributed by atoms with van der Waals surface area (Å²) in [5, 5.41) is 4.21. The minimum Gasteiger partial charge on any atom is -0.480 e. The van der Waals surface area contributed by atoms with Crippen molar-refractivity contribution in [2.75, 3.05) is 32.8 Å². The molecule has 2 atom stereocenters. The first-order chi connectivity index (χ1) is 13.7. The highest BCUT2D eigenvalue weighted by atomic mass is 127. The molecule has 7 nitrogen and oxygen atoms in total. The topological polar surface area (TPSA) is 74.7 Å². The number of aromatic nitrogens is 2. The zero-order chi connectivity index (χ0) is 19.5. The van der Waals surface area contributed by atoms with Crippen molar-refractivity contribution in [3.05, 3.63) is 46.3 Å². The van der Waals surface area contributed by atoms with Crippen LogP contribution in [-0.2, 0) is 9.47 Å². The Labute approximate surface area is 176 Å². The van der Waals surface area contributed by atoms with Gasteiger partial charge in [-0.25, -0.2) is 9.97 Å². The number of ether oxygens (including phenoxy) is 4. The van der Waals surface area contributed by atoms with Gasteiger partial charge in [0.25, 0.3) is 0 Å². The van der Waals surface area contributed by atoms with Crippen molar-refractivity contribution in [2.45, 2.75) is 12.2 Å². The Hall–Kier alpha value is -2.17. The SMILES string of the molecule is COC[C@H]1Oc2cc3ncnc(Nc4cccc(I)c4)c3cc2O[C@@H]1COC. The van der Waals surface area contributed by atoms with Crippen LogP contribution in [-0.4, -0.2) is 49.6 Å². The lowest BCUT2D eigenvalue weighted by atomic mass is 10.1. The summed E-state index contributed by atoms with van der Waals surface area (Å²) in [4.78, 5) is 8.81. The van der Waals surface area contributed by atoms with Crippen LogP contribution in [0.15, 0.2) is 42.7 Å². The smallest absolute Gasteiger partial charge is 0.164 e. The summed E-state index contributed by atoms with van der Waals surface area (Å²) < 4.78 is 23.9. The molecule has 0 fully saturated rings. The van der Waals surface area contributed by atoms with Crippen molar-refractivity contribution in [3.63, 3.8) is 0 Å². The van der Waals surface area contributed by atoms with Gasteiger partial charge in [-0.2, -0.15) is 0 Å².